The van der Waals surface area contributed by atoms with E-state index < -0.39 is 6.35 Å². The highest BCUT2D eigenvalue weighted by atomic mass is 16.3. The summed E-state index contributed by atoms with van der Waals surface area (Å²) in [5.41, 5.74) is 5.64. The molecule has 10 heavy (non-hydrogen) atoms. The Kier molecular flexibility index (Phi) is 2.62. The lowest BCUT2D eigenvalue weighted by atomic mass is 10.3. The third kappa shape index (κ3) is 1.67. The standard InChI is InChI=1S/C6H15N3O/c1-8-6(10)9-3-2-5(7)4-9/h5-6,8,10H,2-4,7H2,1H3. The van der Waals surface area contributed by atoms with Gasteiger partial charge in [0.1, 0.15) is 0 Å². The first-order chi connectivity index (χ1) is 4.74. The van der Waals surface area contributed by atoms with E-state index in [-0.39, 0.29) is 6.04 Å². The molecule has 4 N–H and O–H groups in total. The van der Waals surface area contributed by atoms with Crippen molar-refractivity contribution in [3.05, 3.63) is 0 Å². The zero-order valence-corrected chi connectivity index (χ0v) is 6.25. The maximum Gasteiger partial charge on any atom is 0.162 e. The molecule has 0 amide bonds. The molecular weight excluding hydrogens is 130 g/mol. The van der Waals surface area contributed by atoms with Gasteiger partial charge in [-0.1, -0.05) is 0 Å². The summed E-state index contributed by atoms with van der Waals surface area (Å²) >= 11 is 0. The van der Waals surface area contributed by atoms with Crippen molar-refractivity contribution in [2.45, 2.75) is 18.8 Å². The largest absolute Gasteiger partial charge is 0.365 e. The van der Waals surface area contributed by atoms with Crippen LogP contribution in [-0.2, 0) is 0 Å². The molecule has 2 unspecified atom stereocenters. The van der Waals surface area contributed by atoms with Crippen LogP contribution in [0.4, 0.5) is 0 Å². The molecule has 0 aromatic carbocycles. The molecule has 0 radical (unpaired) electrons. The highest BCUT2D eigenvalue weighted by molar-refractivity contribution is 4.77. The lowest BCUT2D eigenvalue weighted by molar-refractivity contribution is -0.00164. The number of nitrogens with zero attached hydrogens (tertiary/aromatic N) is 1. The SMILES string of the molecule is CNC(O)N1CCC(N)C1. The molecule has 1 rings (SSSR count). The summed E-state index contributed by atoms with van der Waals surface area (Å²) in [6, 6.07) is 0.239. The molecule has 1 heterocycles. The van der Waals surface area contributed by atoms with Crippen LogP contribution < -0.4 is 11.1 Å². The van der Waals surface area contributed by atoms with Gasteiger partial charge in [-0.15, -0.1) is 0 Å². The molecule has 2 atom stereocenters. The van der Waals surface area contributed by atoms with E-state index in [1.54, 1.807) is 7.05 Å². The monoisotopic (exact) mass is 145 g/mol. The summed E-state index contributed by atoms with van der Waals surface area (Å²) in [5.74, 6) is 0. The first kappa shape index (κ1) is 7.94. The predicted molar refractivity (Wildman–Crippen MR) is 39.2 cm³/mol. The van der Waals surface area contributed by atoms with Crippen molar-refractivity contribution in [3.8, 4) is 0 Å². The Bertz CT molecular complexity index is 109. The van der Waals surface area contributed by atoms with Crippen molar-refractivity contribution >= 4 is 0 Å². The fourth-order valence-electron chi connectivity index (χ4n) is 1.22. The first-order valence-corrected chi connectivity index (χ1v) is 3.59. The first-order valence-electron chi connectivity index (χ1n) is 3.59. The molecule has 1 saturated heterocycles. The molecule has 1 aliphatic heterocycles. The van der Waals surface area contributed by atoms with Crippen LogP contribution in [0.5, 0.6) is 0 Å². The maximum absolute atomic E-state index is 9.23. The van der Waals surface area contributed by atoms with E-state index in [9.17, 15) is 5.11 Å². The number of aliphatic hydroxyl groups excluding tert-OH is 1. The van der Waals surface area contributed by atoms with Crippen LogP contribution in [0.25, 0.3) is 0 Å². The number of nitrogens with two attached hydrogens (primary N) is 1. The van der Waals surface area contributed by atoms with Crippen molar-refractivity contribution < 1.29 is 5.11 Å². The second kappa shape index (κ2) is 3.30. The summed E-state index contributed by atoms with van der Waals surface area (Å²) in [7, 11) is 1.73. The smallest absolute Gasteiger partial charge is 0.162 e. The van der Waals surface area contributed by atoms with Gasteiger partial charge < -0.3 is 10.8 Å². The summed E-state index contributed by atoms with van der Waals surface area (Å²) in [4.78, 5) is 1.92. The minimum absolute atomic E-state index is 0.239. The number of nitrogens with one attached hydrogen (secondary N) is 1. The second-order valence-corrected chi connectivity index (χ2v) is 2.71. The predicted octanol–water partition coefficient (Wildman–Crippen LogP) is -1.49. The third-order valence-electron chi connectivity index (χ3n) is 1.86. The normalized spacial score (nSPS) is 30.9. The van der Waals surface area contributed by atoms with E-state index in [2.05, 4.69) is 5.32 Å². The topological polar surface area (TPSA) is 61.5 Å². The van der Waals surface area contributed by atoms with Gasteiger partial charge in [0.2, 0.25) is 0 Å². The van der Waals surface area contributed by atoms with Crippen LogP contribution in [0.15, 0.2) is 0 Å². The van der Waals surface area contributed by atoms with E-state index in [0.29, 0.717) is 0 Å². The number of hydrogen-bond donors (Lipinski definition) is 3. The Labute approximate surface area is 61.0 Å². The van der Waals surface area contributed by atoms with E-state index in [1.165, 1.54) is 0 Å². The Morgan fingerprint density at radius 1 is 1.80 bits per heavy atom. The molecule has 0 aliphatic carbocycles. The van der Waals surface area contributed by atoms with E-state index in [1.807, 2.05) is 4.90 Å². The van der Waals surface area contributed by atoms with Crippen molar-refractivity contribution in [3.63, 3.8) is 0 Å². The molecule has 0 aromatic heterocycles. The van der Waals surface area contributed by atoms with Crippen molar-refractivity contribution in [1.82, 2.24) is 10.2 Å². The lowest BCUT2D eigenvalue weighted by Gasteiger charge is -2.21. The van der Waals surface area contributed by atoms with Crippen LogP contribution in [0.1, 0.15) is 6.42 Å². The molecule has 4 heteroatoms. The van der Waals surface area contributed by atoms with Crippen molar-refractivity contribution in [1.29, 1.82) is 0 Å². The van der Waals surface area contributed by atoms with Gasteiger partial charge in [-0.25, -0.2) is 0 Å². The molecular formula is C6H15N3O. The molecule has 1 fully saturated rings. The van der Waals surface area contributed by atoms with Crippen LogP contribution in [0, 0.1) is 0 Å². The van der Waals surface area contributed by atoms with Gasteiger partial charge in [-0.05, 0) is 13.5 Å². The Morgan fingerprint density at radius 2 is 2.50 bits per heavy atom. The quantitative estimate of drug-likeness (QED) is 0.414. The summed E-state index contributed by atoms with van der Waals surface area (Å²) in [6.45, 7) is 1.69. The fraction of sp³-hybridized carbons (Fsp3) is 1.00. The van der Waals surface area contributed by atoms with Gasteiger partial charge in [-0.3, -0.25) is 10.2 Å². The Balaban J connectivity index is 2.29. The number of hydrogen-bond acceptors (Lipinski definition) is 4. The van der Waals surface area contributed by atoms with Gasteiger partial charge >= 0.3 is 0 Å². The average molecular weight is 145 g/mol. The summed E-state index contributed by atoms with van der Waals surface area (Å²) in [5, 5.41) is 12.0. The summed E-state index contributed by atoms with van der Waals surface area (Å²) in [6.07, 6.45) is 0.465. The molecule has 4 nitrogen and oxygen atoms in total. The third-order valence-corrected chi connectivity index (χ3v) is 1.86. The molecule has 0 spiro atoms. The van der Waals surface area contributed by atoms with Crippen LogP contribution >= 0.6 is 0 Å². The highest BCUT2D eigenvalue weighted by Crippen LogP contribution is 2.07. The van der Waals surface area contributed by atoms with E-state index in [0.717, 1.165) is 19.5 Å². The molecule has 60 valence electrons. The van der Waals surface area contributed by atoms with Crippen LogP contribution in [-0.4, -0.2) is 42.5 Å². The van der Waals surface area contributed by atoms with E-state index in [4.69, 9.17) is 5.73 Å². The average Bonchev–Trinajstić information content (AvgIpc) is 2.34. The fourth-order valence-corrected chi connectivity index (χ4v) is 1.22. The van der Waals surface area contributed by atoms with Crippen LogP contribution in [0.3, 0.4) is 0 Å². The zero-order chi connectivity index (χ0) is 7.56. The van der Waals surface area contributed by atoms with Crippen molar-refractivity contribution in [2.24, 2.45) is 5.73 Å². The number of aliphatic hydroxyl groups is 1. The Morgan fingerprint density at radius 3 is 2.90 bits per heavy atom. The van der Waals surface area contributed by atoms with Gasteiger partial charge in [0, 0.05) is 19.1 Å². The van der Waals surface area contributed by atoms with Crippen molar-refractivity contribution in [2.75, 3.05) is 20.1 Å². The molecule has 0 aromatic rings. The molecule has 1 aliphatic rings. The Hall–Kier alpha value is -0.160. The lowest BCUT2D eigenvalue weighted by Crippen LogP contribution is -2.43. The highest BCUT2D eigenvalue weighted by Gasteiger charge is 2.23. The maximum atomic E-state index is 9.23. The minimum Gasteiger partial charge on any atom is -0.365 e. The molecule has 0 saturated carbocycles. The van der Waals surface area contributed by atoms with Crippen LogP contribution in [0.2, 0.25) is 0 Å². The van der Waals surface area contributed by atoms with Gasteiger partial charge in [0.25, 0.3) is 0 Å². The summed E-state index contributed by atoms with van der Waals surface area (Å²) < 4.78 is 0. The second-order valence-electron chi connectivity index (χ2n) is 2.71. The zero-order valence-electron chi connectivity index (χ0n) is 6.25. The van der Waals surface area contributed by atoms with E-state index >= 15 is 0 Å². The number of likely N-dealkylation sites (tertiary alicyclic amines) is 1. The molecule has 0 bridgehead atoms. The van der Waals surface area contributed by atoms with Gasteiger partial charge in [-0.2, -0.15) is 0 Å². The number of rotatable bonds is 2. The van der Waals surface area contributed by atoms with Gasteiger partial charge in [0.15, 0.2) is 6.35 Å². The minimum atomic E-state index is -0.520. The van der Waals surface area contributed by atoms with Gasteiger partial charge in [0.05, 0.1) is 0 Å².